The molecule has 1 fully saturated rings. The zero-order chi connectivity index (χ0) is 18.8. The van der Waals surface area contributed by atoms with Crippen LogP contribution in [0, 0.1) is 5.92 Å². The number of allylic oxidation sites excluding steroid dienone is 2. The Morgan fingerprint density at radius 2 is 2.00 bits per heavy atom. The number of amides is 1. The fourth-order valence-electron chi connectivity index (χ4n) is 3.78. The molecule has 2 unspecified atom stereocenters. The van der Waals surface area contributed by atoms with Gasteiger partial charge in [0.05, 0.1) is 6.04 Å². The molecule has 0 aromatic carbocycles. The van der Waals surface area contributed by atoms with Crippen molar-refractivity contribution in [3.63, 3.8) is 0 Å². The maximum Gasteiger partial charge on any atom is 0.410 e. The Morgan fingerprint density at radius 3 is 2.56 bits per heavy atom. The number of likely N-dealkylation sites (N-methyl/N-ethyl adjacent to an activating group) is 1. The second-order valence-corrected chi connectivity index (χ2v) is 8.18. The lowest BCUT2D eigenvalue weighted by atomic mass is 9.87. The Balaban J connectivity index is 2.21. The normalized spacial score (nSPS) is 24.1. The van der Waals surface area contributed by atoms with Gasteiger partial charge in [-0.25, -0.2) is 4.79 Å². The first-order chi connectivity index (χ1) is 11.7. The maximum atomic E-state index is 12.6. The van der Waals surface area contributed by atoms with Gasteiger partial charge in [0.2, 0.25) is 0 Å². The summed E-state index contributed by atoms with van der Waals surface area (Å²) in [5.74, 6) is 1.65. The van der Waals surface area contributed by atoms with Crippen LogP contribution >= 0.6 is 0 Å². The first-order valence-electron chi connectivity index (χ1n) is 9.50. The lowest BCUT2D eigenvalue weighted by Gasteiger charge is -2.42. The molecule has 25 heavy (non-hydrogen) atoms. The molecule has 142 valence electrons. The molecule has 0 spiro atoms. The third kappa shape index (κ3) is 4.50. The van der Waals surface area contributed by atoms with Gasteiger partial charge in [0.15, 0.2) is 0 Å². The summed E-state index contributed by atoms with van der Waals surface area (Å²) in [5.41, 5.74) is 0.973. The molecule has 0 radical (unpaired) electrons. The molecule has 2 rings (SSSR count). The van der Waals surface area contributed by atoms with E-state index in [9.17, 15) is 4.79 Å². The minimum absolute atomic E-state index is 0.188. The van der Waals surface area contributed by atoms with Crippen molar-refractivity contribution >= 4 is 6.09 Å². The van der Waals surface area contributed by atoms with Gasteiger partial charge < -0.3 is 19.4 Å². The van der Waals surface area contributed by atoms with E-state index in [0.29, 0.717) is 12.0 Å². The van der Waals surface area contributed by atoms with Gasteiger partial charge in [0.1, 0.15) is 11.4 Å². The molecule has 1 saturated heterocycles. The van der Waals surface area contributed by atoms with E-state index in [4.69, 9.17) is 4.74 Å². The summed E-state index contributed by atoms with van der Waals surface area (Å²) in [7, 11) is 4.31. The summed E-state index contributed by atoms with van der Waals surface area (Å²) in [4.78, 5) is 19.2. The zero-order valence-corrected chi connectivity index (χ0v) is 17.0. The Hall–Kier alpha value is -1.65. The average Bonchev–Trinajstić information content (AvgIpc) is 2.73. The van der Waals surface area contributed by atoms with Crippen LogP contribution in [0.2, 0.25) is 0 Å². The highest BCUT2D eigenvalue weighted by Gasteiger charge is 2.37. The molecule has 1 amide bonds. The average molecular weight is 350 g/mol. The summed E-state index contributed by atoms with van der Waals surface area (Å²) in [5, 5.41) is 0. The van der Waals surface area contributed by atoms with E-state index in [1.54, 1.807) is 0 Å². The fourth-order valence-corrected chi connectivity index (χ4v) is 3.78. The Bertz CT molecular complexity index is 548. The van der Waals surface area contributed by atoms with E-state index in [2.05, 4.69) is 49.9 Å². The van der Waals surface area contributed by atoms with Crippen molar-refractivity contribution < 1.29 is 9.53 Å². The van der Waals surface area contributed by atoms with Crippen LogP contribution in [-0.2, 0) is 4.74 Å². The van der Waals surface area contributed by atoms with Gasteiger partial charge in [0, 0.05) is 39.6 Å². The van der Waals surface area contributed by atoms with Gasteiger partial charge >= 0.3 is 6.09 Å². The van der Waals surface area contributed by atoms with Crippen LogP contribution in [0.3, 0.4) is 0 Å². The number of ether oxygens (including phenoxy) is 1. The summed E-state index contributed by atoms with van der Waals surface area (Å²) in [6.45, 7) is 12.6. The lowest BCUT2D eigenvalue weighted by Crippen LogP contribution is -2.46. The van der Waals surface area contributed by atoms with Gasteiger partial charge in [-0.05, 0) is 52.2 Å². The number of likely N-dealkylation sites (tertiary alicyclic amines) is 1. The highest BCUT2D eigenvalue weighted by Crippen LogP contribution is 2.34. The number of rotatable bonds is 3. The molecule has 2 heterocycles. The molecule has 0 saturated carbocycles. The highest BCUT2D eigenvalue weighted by molar-refractivity contribution is 5.68. The molecule has 0 N–H and O–H groups in total. The SMILES string of the molecule is CCC1CN(C(=O)OC(C)(C)C)CCC2=CC=C(N(C)CC)N(C)C21. The quantitative estimate of drug-likeness (QED) is 0.779. The van der Waals surface area contributed by atoms with Crippen molar-refractivity contribution in [3.05, 3.63) is 23.5 Å². The molecule has 0 aromatic heterocycles. The van der Waals surface area contributed by atoms with Crippen molar-refractivity contribution in [1.29, 1.82) is 0 Å². The fraction of sp³-hybridized carbons (Fsp3) is 0.750. The molecule has 5 nitrogen and oxygen atoms in total. The van der Waals surface area contributed by atoms with Gasteiger partial charge in [-0.1, -0.05) is 13.0 Å². The molecular weight excluding hydrogens is 314 g/mol. The third-order valence-corrected chi connectivity index (χ3v) is 5.22. The minimum Gasteiger partial charge on any atom is -0.444 e. The lowest BCUT2D eigenvalue weighted by molar-refractivity contribution is 0.0219. The number of hydrogen-bond donors (Lipinski definition) is 0. The summed E-state index contributed by atoms with van der Waals surface area (Å²) in [6.07, 6.45) is 6.24. The molecule has 0 aliphatic carbocycles. The van der Waals surface area contributed by atoms with Gasteiger partial charge in [0.25, 0.3) is 0 Å². The van der Waals surface area contributed by atoms with Crippen LogP contribution in [0.1, 0.15) is 47.5 Å². The van der Waals surface area contributed by atoms with Gasteiger partial charge in [-0.2, -0.15) is 0 Å². The van der Waals surface area contributed by atoms with E-state index >= 15 is 0 Å². The van der Waals surface area contributed by atoms with Crippen LogP contribution in [0.25, 0.3) is 0 Å². The largest absolute Gasteiger partial charge is 0.444 e. The standard InChI is InChI=1S/C20H35N3O2/c1-8-15-14-23(19(24)25-20(3,4)5)13-12-16-10-11-17(21(6)9-2)22(7)18(15)16/h10-11,15,18H,8-9,12-14H2,1-7H3. The number of hydrogen-bond acceptors (Lipinski definition) is 4. The Morgan fingerprint density at radius 1 is 1.32 bits per heavy atom. The third-order valence-electron chi connectivity index (χ3n) is 5.22. The maximum absolute atomic E-state index is 12.6. The van der Waals surface area contributed by atoms with Crippen LogP contribution in [0.4, 0.5) is 4.79 Å². The molecule has 0 bridgehead atoms. The number of carbonyl (C=O) groups excluding carboxylic acids is 1. The Kier molecular flexibility index (Phi) is 6.07. The van der Waals surface area contributed by atoms with Crippen molar-refractivity contribution in [3.8, 4) is 0 Å². The topological polar surface area (TPSA) is 36.0 Å². The second kappa shape index (κ2) is 7.71. The van der Waals surface area contributed by atoms with Crippen molar-refractivity contribution in [2.24, 2.45) is 5.92 Å². The van der Waals surface area contributed by atoms with E-state index < -0.39 is 5.60 Å². The highest BCUT2D eigenvalue weighted by atomic mass is 16.6. The van der Waals surface area contributed by atoms with Crippen LogP contribution in [0.15, 0.2) is 23.5 Å². The summed E-state index contributed by atoms with van der Waals surface area (Å²) in [6, 6.07) is 0.353. The molecular formula is C20H35N3O2. The van der Waals surface area contributed by atoms with E-state index in [-0.39, 0.29) is 6.09 Å². The number of carbonyl (C=O) groups is 1. The summed E-state index contributed by atoms with van der Waals surface area (Å²) < 4.78 is 5.62. The molecule has 5 heteroatoms. The van der Waals surface area contributed by atoms with Crippen molar-refractivity contribution in [2.75, 3.05) is 33.7 Å². The molecule has 2 atom stereocenters. The van der Waals surface area contributed by atoms with Crippen LogP contribution in [-0.4, -0.2) is 66.2 Å². The number of fused-ring (bicyclic) bond motifs is 1. The predicted molar refractivity (Wildman–Crippen MR) is 102 cm³/mol. The van der Waals surface area contributed by atoms with E-state index in [0.717, 1.165) is 32.5 Å². The smallest absolute Gasteiger partial charge is 0.410 e. The first-order valence-corrected chi connectivity index (χ1v) is 9.50. The first kappa shape index (κ1) is 19.7. The second-order valence-electron chi connectivity index (χ2n) is 8.18. The van der Waals surface area contributed by atoms with Crippen molar-refractivity contribution in [2.45, 2.75) is 59.1 Å². The molecule has 0 aromatic rings. The van der Waals surface area contributed by atoms with Crippen molar-refractivity contribution in [1.82, 2.24) is 14.7 Å². The molecule has 2 aliphatic rings. The van der Waals surface area contributed by atoms with Gasteiger partial charge in [-0.3, -0.25) is 0 Å². The van der Waals surface area contributed by atoms with Gasteiger partial charge in [-0.15, -0.1) is 0 Å². The Labute approximate surface area is 153 Å². The minimum atomic E-state index is -0.452. The van der Waals surface area contributed by atoms with Crippen LogP contribution < -0.4 is 0 Å². The molecule has 2 aliphatic heterocycles. The summed E-state index contributed by atoms with van der Waals surface area (Å²) >= 11 is 0. The van der Waals surface area contributed by atoms with E-state index in [1.807, 2.05) is 25.7 Å². The monoisotopic (exact) mass is 349 g/mol. The van der Waals surface area contributed by atoms with Crippen LogP contribution in [0.5, 0.6) is 0 Å². The number of nitrogens with zero attached hydrogens (tertiary/aromatic N) is 3. The van der Waals surface area contributed by atoms with E-state index in [1.165, 1.54) is 11.4 Å². The predicted octanol–water partition coefficient (Wildman–Crippen LogP) is 3.69. The zero-order valence-electron chi connectivity index (χ0n) is 17.0.